The average Bonchev–Trinajstić information content (AvgIpc) is 2.96. The number of aromatic nitrogens is 3. The van der Waals surface area contributed by atoms with E-state index in [-0.39, 0.29) is 23.4 Å². The summed E-state index contributed by atoms with van der Waals surface area (Å²) in [6.45, 7) is 3.08. The Labute approximate surface area is 135 Å². The fraction of sp³-hybridized carbons (Fsp3) is 0.429. The minimum Gasteiger partial charge on any atom is -0.394 e. The summed E-state index contributed by atoms with van der Waals surface area (Å²) in [5.41, 5.74) is 4.64. The van der Waals surface area contributed by atoms with Gasteiger partial charge in [-0.05, 0) is 0 Å². The third-order valence-corrected chi connectivity index (χ3v) is 4.06. The van der Waals surface area contributed by atoms with Crippen molar-refractivity contribution in [3.05, 3.63) is 39.6 Å². The van der Waals surface area contributed by atoms with Crippen LogP contribution < -0.4 is 17.0 Å². The van der Waals surface area contributed by atoms with E-state index < -0.39 is 42.4 Å². The van der Waals surface area contributed by atoms with Gasteiger partial charge < -0.3 is 30.8 Å². The van der Waals surface area contributed by atoms with Crippen LogP contribution in [0.2, 0.25) is 0 Å². The number of nitrogens with one attached hydrogen (secondary N) is 1. The normalized spacial score (nSPS) is 27.0. The molecule has 2 aromatic heterocycles. The molecule has 6 N–H and O–H groups in total. The summed E-state index contributed by atoms with van der Waals surface area (Å²) >= 11 is 0. The van der Waals surface area contributed by atoms with Gasteiger partial charge in [0.25, 0.3) is 5.56 Å². The molecular weight excluding hydrogens is 320 g/mol. The number of rotatable bonds is 4. The minimum atomic E-state index is -1.46. The van der Waals surface area contributed by atoms with Crippen molar-refractivity contribution in [3.63, 3.8) is 0 Å². The minimum absolute atomic E-state index is 0.0312. The van der Waals surface area contributed by atoms with Crippen LogP contribution >= 0.6 is 0 Å². The Morgan fingerprint density at radius 2 is 2.08 bits per heavy atom. The molecule has 0 amide bonds. The van der Waals surface area contributed by atoms with Crippen LogP contribution in [0.25, 0.3) is 11.0 Å². The number of nitrogens with two attached hydrogens (primary N) is 1. The number of anilines is 1. The first-order valence-electron chi connectivity index (χ1n) is 7.27. The zero-order valence-corrected chi connectivity index (χ0v) is 12.6. The Hall–Kier alpha value is -2.40. The Morgan fingerprint density at radius 3 is 2.67 bits per heavy atom. The van der Waals surface area contributed by atoms with Gasteiger partial charge in [0, 0.05) is 12.6 Å². The van der Waals surface area contributed by atoms with Crippen molar-refractivity contribution in [2.45, 2.75) is 31.1 Å². The van der Waals surface area contributed by atoms with E-state index in [1.807, 2.05) is 0 Å². The van der Waals surface area contributed by atoms with Gasteiger partial charge in [0.1, 0.15) is 29.6 Å². The lowest BCUT2D eigenvalue weighted by Crippen LogP contribution is -2.35. The number of H-pyrrole nitrogens is 1. The first-order chi connectivity index (χ1) is 11.4. The number of nitrogen functional groups attached to an aromatic ring is 1. The van der Waals surface area contributed by atoms with Crippen LogP contribution in [-0.4, -0.2) is 54.4 Å². The standard InChI is InChI=1S/C14H18N4O6/c1-2-3-17-9-6(4-8(15)16-12(9)22)18(14(17)23)13-11(21)10(20)7(5-19)24-13/h2,4,7,10-11,13,19-21H,1,3,5H2,(H3,15,16,22)/t7-,10+,11?,13-/m1/s1. The molecule has 0 aliphatic carbocycles. The van der Waals surface area contributed by atoms with Gasteiger partial charge in [-0.2, -0.15) is 0 Å². The largest absolute Gasteiger partial charge is 0.394 e. The number of hydrogen-bond donors (Lipinski definition) is 5. The van der Waals surface area contributed by atoms with Crippen molar-refractivity contribution >= 4 is 16.9 Å². The van der Waals surface area contributed by atoms with Gasteiger partial charge in [0.05, 0.1) is 12.1 Å². The Balaban J connectivity index is 2.29. The fourth-order valence-corrected chi connectivity index (χ4v) is 2.97. The average molecular weight is 338 g/mol. The first-order valence-corrected chi connectivity index (χ1v) is 7.27. The summed E-state index contributed by atoms with van der Waals surface area (Å²) in [6, 6.07) is 1.37. The van der Waals surface area contributed by atoms with E-state index in [1.54, 1.807) is 0 Å². The number of hydrogen-bond acceptors (Lipinski definition) is 7. The highest BCUT2D eigenvalue weighted by molar-refractivity contribution is 5.77. The number of aliphatic hydroxyl groups is 3. The lowest BCUT2D eigenvalue weighted by atomic mass is 10.1. The highest BCUT2D eigenvalue weighted by atomic mass is 16.6. The number of pyridine rings is 1. The maximum Gasteiger partial charge on any atom is 0.331 e. The van der Waals surface area contributed by atoms with Gasteiger partial charge >= 0.3 is 5.69 Å². The zero-order chi connectivity index (χ0) is 17.6. The van der Waals surface area contributed by atoms with Gasteiger partial charge in [-0.1, -0.05) is 6.08 Å². The van der Waals surface area contributed by atoms with Crippen LogP contribution in [0, 0.1) is 0 Å². The predicted octanol–water partition coefficient (Wildman–Crippen LogP) is -2.13. The Morgan fingerprint density at radius 1 is 1.38 bits per heavy atom. The lowest BCUT2D eigenvalue weighted by molar-refractivity contribution is -0.0525. The molecule has 0 spiro atoms. The van der Waals surface area contributed by atoms with Gasteiger partial charge in [0.15, 0.2) is 6.23 Å². The monoisotopic (exact) mass is 338 g/mol. The van der Waals surface area contributed by atoms with Crippen LogP contribution in [-0.2, 0) is 11.3 Å². The second kappa shape index (κ2) is 5.91. The highest BCUT2D eigenvalue weighted by Gasteiger charge is 2.44. The number of aliphatic hydroxyl groups excluding tert-OH is 3. The molecule has 130 valence electrons. The van der Waals surface area contributed by atoms with Crippen molar-refractivity contribution in [2.24, 2.45) is 0 Å². The summed E-state index contributed by atoms with van der Waals surface area (Å²) in [7, 11) is 0. The molecule has 0 aromatic carbocycles. The van der Waals surface area contributed by atoms with Gasteiger partial charge in [-0.3, -0.25) is 13.9 Å². The molecule has 1 aliphatic heterocycles. The summed E-state index contributed by atoms with van der Waals surface area (Å²) in [6.07, 6.45) is -3.70. The van der Waals surface area contributed by atoms with Crippen LogP contribution in [0.4, 0.5) is 5.82 Å². The maximum absolute atomic E-state index is 12.7. The molecule has 3 rings (SSSR count). The van der Waals surface area contributed by atoms with Crippen molar-refractivity contribution in [1.82, 2.24) is 14.1 Å². The molecule has 1 aliphatic rings. The summed E-state index contributed by atoms with van der Waals surface area (Å²) in [4.78, 5) is 27.3. The third kappa shape index (κ3) is 2.27. The van der Waals surface area contributed by atoms with Gasteiger partial charge in [-0.25, -0.2) is 4.79 Å². The second-order valence-corrected chi connectivity index (χ2v) is 5.57. The van der Waals surface area contributed by atoms with Gasteiger partial charge in [0.2, 0.25) is 0 Å². The third-order valence-electron chi connectivity index (χ3n) is 4.06. The summed E-state index contributed by atoms with van der Waals surface area (Å²) in [5, 5.41) is 29.3. The second-order valence-electron chi connectivity index (χ2n) is 5.57. The molecule has 0 radical (unpaired) electrons. The summed E-state index contributed by atoms with van der Waals surface area (Å²) in [5.74, 6) is 0.0312. The molecule has 3 heterocycles. The van der Waals surface area contributed by atoms with E-state index in [4.69, 9.17) is 10.5 Å². The predicted molar refractivity (Wildman–Crippen MR) is 84.4 cm³/mol. The fourth-order valence-electron chi connectivity index (χ4n) is 2.97. The molecule has 10 nitrogen and oxygen atoms in total. The zero-order valence-electron chi connectivity index (χ0n) is 12.6. The van der Waals surface area contributed by atoms with Crippen LogP contribution in [0.1, 0.15) is 6.23 Å². The maximum atomic E-state index is 12.7. The van der Waals surface area contributed by atoms with Crippen LogP contribution in [0.15, 0.2) is 28.3 Å². The quantitative estimate of drug-likeness (QED) is 0.399. The van der Waals surface area contributed by atoms with E-state index in [0.29, 0.717) is 0 Å². The number of nitrogens with zero attached hydrogens (tertiary/aromatic N) is 2. The number of imidazole rings is 1. The summed E-state index contributed by atoms with van der Waals surface area (Å²) < 4.78 is 7.61. The topological polar surface area (TPSA) is 156 Å². The number of aromatic amines is 1. The number of allylic oxidation sites excluding steroid dienone is 1. The van der Waals surface area contributed by atoms with Crippen molar-refractivity contribution in [2.75, 3.05) is 12.3 Å². The van der Waals surface area contributed by atoms with Crippen molar-refractivity contribution < 1.29 is 20.1 Å². The lowest BCUT2D eigenvalue weighted by Gasteiger charge is -2.16. The van der Waals surface area contributed by atoms with Crippen molar-refractivity contribution in [1.29, 1.82) is 0 Å². The molecule has 2 aromatic rings. The Bertz CT molecular complexity index is 897. The van der Waals surface area contributed by atoms with E-state index in [1.165, 1.54) is 12.1 Å². The molecule has 10 heteroatoms. The van der Waals surface area contributed by atoms with E-state index >= 15 is 0 Å². The number of ether oxygens (including phenoxy) is 1. The van der Waals surface area contributed by atoms with E-state index in [2.05, 4.69) is 11.6 Å². The molecule has 0 bridgehead atoms. The number of fused-ring (bicyclic) bond motifs is 1. The van der Waals surface area contributed by atoms with Gasteiger partial charge in [-0.15, -0.1) is 6.58 Å². The molecule has 1 saturated heterocycles. The van der Waals surface area contributed by atoms with Crippen LogP contribution in [0.5, 0.6) is 0 Å². The van der Waals surface area contributed by atoms with Crippen LogP contribution in [0.3, 0.4) is 0 Å². The molecule has 24 heavy (non-hydrogen) atoms. The molecule has 1 fully saturated rings. The van der Waals surface area contributed by atoms with E-state index in [0.717, 1.165) is 9.13 Å². The highest BCUT2D eigenvalue weighted by Crippen LogP contribution is 2.30. The SMILES string of the molecule is C=CCn1c(=O)n([C@@H]2O[C@H](CO)[C@H](O)C2O)c2cc(N)[nH]c(=O)c21. The first kappa shape index (κ1) is 16.5. The van der Waals surface area contributed by atoms with Crippen molar-refractivity contribution in [3.8, 4) is 0 Å². The molecule has 0 saturated carbocycles. The Kier molecular flexibility index (Phi) is 4.05. The smallest absolute Gasteiger partial charge is 0.331 e. The molecule has 1 unspecified atom stereocenters. The molecular formula is C14H18N4O6. The van der Waals surface area contributed by atoms with E-state index in [9.17, 15) is 24.9 Å². The molecule has 4 atom stereocenters.